The summed E-state index contributed by atoms with van der Waals surface area (Å²) in [6.45, 7) is 8.50. The first-order chi connectivity index (χ1) is 13.0. The van der Waals surface area contributed by atoms with E-state index in [1.54, 1.807) is 7.11 Å². The summed E-state index contributed by atoms with van der Waals surface area (Å²) in [6, 6.07) is 15.1. The molecule has 27 heavy (non-hydrogen) atoms. The number of anilines is 1. The average Bonchev–Trinajstić information content (AvgIpc) is 2.69. The van der Waals surface area contributed by atoms with Gasteiger partial charge in [0.1, 0.15) is 5.75 Å². The summed E-state index contributed by atoms with van der Waals surface area (Å²) in [7, 11) is 1.66. The molecule has 0 aliphatic rings. The Labute approximate surface area is 161 Å². The number of ether oxygens (including phenoxy) is 1. The first-order valence-electron chi connectivity index (χ1n) is 8.93. The fourth-order valence-corrected chi connectivity index (χ4v) is 2.61. The van der Waals surface area contributed by atoms with Crippen molar-refractivity contribution in [2.24, 2.45) is 0 Å². The van der Waals surface area contributed by atoms with Gasteiger partial charge in [-0.2, -0.15) is 0 Å². The molecule has 0 aliphatic carbocycles. The molecule has 4 N–H and O–H groups in total. The van der Waals surface area contributed by atoms with Crippen molar-refractivity contribution in [3.8, 4) is 5.75 Å². The van der Waals surface area contributed by atoms with Crippen LogP contribution in [0, 0.1) is 0 Å². The molecule has 0 saturated heterocycles. The number of carbonyl (C=O) groups is 1. The first kappa shape index (κ1) is 20.2. The highest BCUT2D eigenvalue weighted by atomic mass is 16.5. The Morgan fingerprint density at radius 1 is 1.15 bits per heavy atom. The van der Waals surface area contributed by atoms with Crippen molar-refractivity contribution in [1.82, 2.24) is 15.5 Å². The van der Waals surface area contributed by atoms with Crippen molar-refractivity contribution in [3.05, 3.63) is 71.9 Å². The summed E-state index contributed by atoms with van der Waals surface area (Å²) >= 11 is 0. The fraction of sp³-hybridized carbons (Fsp3) is 0.286. The highest BCUT2D eigenvalue weighted by Gasteiger charge is 2.09. The number of nitrogens with one attached hydrogen (secondary N) is 2. The molecule has 0 saturated carbocycles. The molecule has 2 aromatic carbocycles. The van der Waals surface area contributed by atoms with Crippen LogP contribution in [0.3, 0.4) is 0 Å². The summed E-state index contributed by atoms with van der Waals surface area (Å²) in [5.41, 5.74) is 9.33. The number of benzene rings is 2. The van der Waals surface area contributed by atoms with E-state index in [-0.39, 0.29) is 6.03 Å². The van der Waals surface area contributed by atoms with Gasteiger partial charge in [0.2, 0.25) is 0 Å². The van der Waals surface area contributed by atoms with Crippen molar-refractivity contribution in [1.29, 1.82) is 0 Å². The number of nitrogens with two attached hydrogens (primary N) is 1. The largest absolute Gasteiger partial charge is 0.497 e. The van der Waals surface area contributed by atoms with Crippen LogP contribution in [0.2, 0.25) is 0 Å². The molecule has 2 rings (SSSR count). The number of methoxy groups -OCH3 is 1. The van der Waals surface area contributed by atoms with E-state index < -0.39 is 0 Å². The molecule has 0 heterocycles. The maximum absolute atomic E-state index is 12.0. The van der Waals surface area contributed by atoms with E-state index >= 15 is 0 Å². The van der Waals surface area contributed by atoms with Crippen LogP contribution in [0.25, 0.3) is 0 Å². The molecule has 2 aromatic rings. The Morgan fingerprint density at radius 2 is 1.89 bits per heavy atom. The van der Waals surface area contributed by atoms with Crippen LogP contribution in [-0.2, 0) is 13.1 Å². The van der Waals surface area contributed by atoms with Crippen molar-refractivity contribution < 1.29 is 9.53 Å². The molecule has 2 amide bonds. The predicted octanol–water partition coefficient (Wildman–Crippen LogP) is 3.11. The van der Waals surface area contributed by atoms with E-state index in [1.807, 2.05) is 48.5 Å². The van der Waals surface area contributed by atoms with E-state index in [4.69, 9.17) is 10.5 Å². The lowest BCUT2D eigenvalue weighted by Gasteiger charge is -2.25. The van der Waals surface area contributed by atoms with E-state index in [0.717, 1.165) is 29.1 Å². The third-order valence-electron chi connectivity index (χ3n) is 4.22. The Kier molecular flexibility index (Phi) is 7.55. The van der Waals surface area contributed by atoms with Crippen LogP contribution in [0.1, 0.15) is 18.1 Å². The Morgan fingerprint density at radius 3 is 2.56 bits per heavy atom. The summed E-state index contributed by atoms with van der Waals surface area (Å²) in [5.74, 6) is 0.828. The Hall–Kier alpha value is -3.15. The van der Waals surface area contributed by atoms with Crippen LogP contribution < -0.4 is 21.1 Å². The van der Waals surface area contributed by atoms with E-state index in [2.05, 4.69) is 29.0 Å². The van der Waals surface area contributed by atoms with Gasteiger partial charge in [-0.1, -0.05) is 30.8 Å². The van der Waals surface area contributed by atoms with Crippen molar-refractivity contribution in [2.75, 3.05) is 25.9 Å². The average molecular weight is 368 g/mol. The van der Waals surface area contributed by atoms with Crippen LogP contribution in [-0.4, -0.2) is 31.1 Å². The molecular formula is C21H28N4O2. The van der Waals surface area contributed by atoms with Gasteiger partial charge in [0.05, 0.1) is 13.7 Å². The quantitative estimate of drug-likeness (QED) is 0.594. The zero-order chi connectivity index (χ0) is 19.6. The molecule has 6 nitrogen and oxygen atoms in total. The molecule has 0 aliphatic heterocycles. The van der Waals surface area contributed by atoms with Crippen molar-refractivity contribution >= 4 is 11.7 Å². The molecule has 0 atom stereocenters. The third kappa shape index (κ3) is 6.58. The lowest BCUT2D eigenvalue weighted by Crippen LogP contribution is -2.38. The zero-order valence-electron chi connectivity index (χ0n) is 16.0. The maximum Gasteiger partial charge on any atom is 0.315 e. The second-order valence-corrected chi connectivity index (χ2v) is 6.21. The smallest absolute Gasteiger partial charge is 0.315 e. The number of carbonyl (C=O) groups excluding carboxylic acids is 1. The number of urea groups is 1. The molecule has 144 valence electrons. The van der Waals surface area contributed by atoms with E-state index in [1.165, 1.54) is 0 Å². The summed E-state index contributed by atoms with van der Waals surface area (Å²) in [6.07, 6.45) is 0. The highest BCUT2D eigenvalue weighted by molar-refractivity contribution is 5.74. The van der Waals surface area contributed by atoms with Gasteiger partial charge in [0, 0.05) is 31.0 Å². The van der Waals surface area contributed by atoms with Gasteiger partial charge >= 0.3 is 6.03 Å². The van der Waals surface area contributed by atoms with Gasteiger partial charge in [0.25, 0.3) is 0 Å². The Balaban J connectivity index is 1.79. The van der Waals surface area contributed by atoms with Crippen molar-refractivity contribution in [3.63, 3.8) is 0 Å². The summed E-state index contributed by atoms with van der Waals surface area (Å²) < 4.78 is 5.27. The van der Waals surface area contributed by atoms with Crippen molar-refractivity contribution in [2.45, 2.75) is 20.0 Å². The van der Waals surface area contributed by atoms with Gasteiger partial charge in [-0.3, -0.25) is 0 Å². The zero-order valence-corrected chi connectivity index (χ0v) is 16.0. The number of nitrogens with zero attached hydrogens (tertiary/aromatic N) is 1. The molecule has 0 spiro atoms. The minimum Gasteiger partial charge on any atom is -0.497 e. The van der Waals surface area contributed by atoms with Crippen LogP contribution in [0.4, 0.5) is 10.5 Å². The molecule has 0 unspecified atom stereocenters. The molecule has 0 bridgehead atoms. The Bertz CT molecular complexity index is 759. The maximum atomic E-state index is 12.0. The molecule has 6 heteroatoms. The summed E-state index contributed by atoms with van der Waals surface area (Å²) in [4.78, 5) is 14.1. The van der Waals surface area contributed by atoms with Gasteiger partial charge in [-0.05, 0) is 42.3 Å². The number of amides is 2. The molecule has 0 radical (unpaired) electrons. The molecule has 0 fully saturated rings. The minimum atomic E-state index is -0.231. The lowest BCUT2D eigenvalue weighted by molar-refractivity contribution is 0.239. The minimum absolute atomic E-state index is 0.231. The SMILES string of the molecule is C=C(CNC(=O)NCc1ccc(N)cc1)N(CC)Cc1cccc(OC)c1. The fourth-order valence-electron chi connectivity index (χ4n) is 2.61. The highest BCUT2D eigenvalue weighted by Crippen LogP contribution is 2.16. The second-order valence-electron chi connectivity index (χ2n) is 6.21. The molecule has 0 aromatic heterocycles. The monoisotopic (exact) mass is 368 g/mol. The first-order valence-corrected chi connectivity index (χ1v) is 8.93. The topological polar surface area (TPSA) is 79.6 Å². The van der Waals surface area contributed by atoms with E-state index in [0.29, 0.717) is 25.3 Å². The standard InChI is InChI=1S/C21H28N4O2/c1-4-25(15-18-6-5-7-20(12-18)27-3)16(2)13-23-21(26)24-14-17-8-10-19(22)11-9-17/h5-12H,2,4,13-15,22H2,1,3H3,(H2,23,24,26). The summed E-state index contributed by atoms with van der Waals surface area (Å²) in [5, 5.41) is 5.68. The van der Waals surface area contributed by atoms with Gasteiger partial charge in [0.15, 0.2) is 0 Å². The number of likely N-dealkylation sites (N-methyl/N-ethyl adjacent to an activating group) is 1. The normalized spacial score (nSPS) is 10.1. The number of hydrogen-bond donors (Lipinski definition) is 3. The van der Waals surface area contributed by atoms with Gasteiger partial charge in [-0.15, -0.1) is 0 Å². The predicted molar refractivity (Wildman–Crippen MR) is 109 cm³/mol. The number of rotatable bonds is 9. The number of nitrogen functional groups attached to an aromatic ring is 1. The van der Waals surface area contributed by atoms with E-state index in [9.17, 15) is 4.79 Å². The van der Waals surface area contributed by atoms with Gasteiger partial charge < -0.3 is 26.0 Å². The lowest BCUT2D eigenvalue weighted by atomic mass is 10.2. The second kappa shape index (κ2) is 10.1. The van der Waals surface area contributed by atoms with Gasteiger partial charge in [-0.25, -0.2) is 4.79 Å². The third-order valence-corrected chi connectivity index (χ3v) is 4.22. The van der Waals surface area contributed by atoms with Crippen LogP contribution >= 0.6 is 0 Å². The number of hydrogen-bond acceptors (Lipinski definition) is 4. The van der Waals surface area contributed by atoms with Crippen LogP contribution in [0.15, 0.2) is 60.8 Å². The molecular weight excluding hydrogens is 340 g/mol. The van der Waals surface area contributed by atoms with Crippen LogP contribution in [0.5, 0.6) is 5.75 Å².